The third-order valence-corrected chi connectivity index (χ3v) is 3.34. The van der Waals surface area contributed by atoms with Crippen molar-refractivity contribution >= 4 is 17.0 Å². The lowest BCUT2D eigenvalue weighted by Crippen LogP contribution is -2.27. The maximum Gasteiger partial charge on any atom is 0.419 e. The zero-order chi connectivity index (χ0) is 16.6. The molecule has 0 fully saturated rings. The second-order valence-electron chi connectivity index (χ2n) is 6.34. The predicted molar refractivity (Wildman–Crippen MR) is 85.5 cm³/mol. The molecule has 118 valence electrons. The van der Waals surface area contributed by atoms with Crippen LogP contribution < -0.4 is 4.98 Å². The highest BCUT2D eigenvalue weighted by molar-refractivity contribution is 5.96. The molecule has 0 aliphatic carbocycles. The number of rotatable bonds is 1. The number of H-pyrrole nitrogens is 1. The van der Waals surface area contributed by atoms with Gasteiger partial charge in [-0.2, -0.15) is 0 Å². The van der Waals surface area contributed by atoms with Gasteiger partial charge in [0.2, 0.25) is 0 Å². The van der Waals surface area contributed by atoms with E-state index >= 15 is 0 Å². The van der Waals surface area contributed by atoms with Crippen molar-refractivity contribution in [3.63, 3.8) is 0 Å². The van der Waals surface area contributed by atoms with Crippen molar-refractivity contribution in [1.82, 2.24) is 4.57 Å². The first-order valence-electron chi connectivity index (χ1n) is 7.36. The average molecular weight is 313 g/mol. The van der Waals surface area contributed by atoms with Gasteiger partial charge in [0.25, 0.3) is 0 Å². The minimum Gasteiger partial charge on any atom is -0.443 e. The van der Waals surface area contributed by atoms with Gasteiger partial charge < -0.3 is 4.74 Å². The Balaban J connectivity index is 2.22. The number of carbonyl (C=O) groups excluding carboxylic acids is 1. The molecule has 1 aromatic carbocycles. The SMILES string of the molecule is CC(C)(C)OC(=O)n1c(-c2ccc[nH+]c2)cc2cc(F)ccc21. The molecule has 0 atom stereocenters. The average Bonchev–Trinajstić information content (AvgIpc) is 2.85. The summed E-state index contributed by atoms with van der Waals surface area (Å²) in [7, 11) is 0. The molecule has 0 bridgehead atoms. The minimum absolute atomic E-state index is 0.343. The normalized spacial score (nSPS) is 11.7. The lowest BCUT2D eigenvalue weighted by molar-refractivity contribution is -0.377. The van der Waals surface area contributed by atoms with Crippen LogP contribution in [0.3, 0.4) is 0 Å². The smallest absolute Gasteiger partial charge is 0.419 e. The zero-order valence-electron chi connectivity index (χ0n) is 13.3. The number of halogens is 1. The van der Waals surface area contributed by atoms with Crippen LogP contribution in [-0.2, 0) is 4.74 Å². The van der Waals surface area contributed by atoms with Gasteiger partial charge in [-0.15, -0.1) is 0 Å². The number of aromatic amines is 1. The molecule has 0 radical (unpaired) electrons. The van der Waals surface area contributed by atoms with Crippen molar-refractivity contribution < 1.29 is 18.9 Å². The molecule has 0 spiro atoms. The van der Waals surface area contributed by atoms with E-state index in [2.05, 4.69) is 4.98 Å². The summed E-state index contributed by atoms with van der Waals surface area (Å²) in [6.45, 7) is 5.44. The highest BCUT2D eigenvalue weighted by Gasteiger charge is 2.23. The molecule has 5 heteroatoms. The third-order valence-electron chi connectivity index (χ3n) is 3.34. The monoisotopic (exact) mass is 313 g/mol. The van der Waals surface area contributed by atoms with Crippen LogP contribution in [0.5, 0.6) is 0 Å². The van der Waals surface area contributed by atoms with Crippen molar-refractivity contribution in [2.45, 2.75) is 26.4 Å². The molecule has 0 amide bonds. The van der Waals surface area contributed by atoms with Gasteiger partial charge in [-0.1, -0.05) is 0 Å². The molecule has 3 aromatic rings. The Morgan fingerprint density at radius 3 is 2.65 bits per heavy atom. The summed E-state index contributed by atoms with van der Waals surface area (Å²) >= 11 is 0. The molecule has 4 nitrogen and oxygen atoms in total. The van der Waals surface area contributed by atoms with Crippen LogP contribution in [0.1, 0.15) is 20.8 Å². The molecule has 1 N–H and O–H groups in total. The van der Waals surface area contributed by atoms with Gasteiger partial charge in [0, 0.05) is 11.5 Å². The Hall–Kier alpha value is -2.69. The lowest BCUT2D eigenvalue weighted by Gasteiger charge is -2.20. The summed E-state index contributed by atoms with van der Waals surface area (Å²) in [6.07, 6.45) is 3.08. The second-order valence-corrected chi connectivity index (χ2v) is 6.34. The fraction of sp³-hybridized carbons (Fsp3) is 0.222. The molecule has 0 saturated carbocycles. The molecule has 0 saturated heterocycles. The lowest BCUT2D eigenvalue weighted by atomic mass is 10.2. The number of nitrogens with one attached hydrogen (secondary N) is 1. The van der Waals surface area contributed by atoms with E-state index < -0.39 is 11.7 Å². The molecule has 0 aliphatic rings. The number of nitrogens with zero attached hydrogens (tertiary/aromatic N) is 1. The maximum absolute atomic E-state index is 13.5. The Morgan fingerprint density at radius 2 is 2.00 bits per heavy atom. The van der Waals surface area contributed by atoms with Crippen LogP contribution >= 0.6 is 0 Å². The van der Waals surface area contributed by atoms with Crippen molar-refractivity contribution in [2.75, 3.05) is 0 Å². The fourth-order valence-electron chi connectivity index (χ4n) is 2.46. The number of benzene rings is 1. The predicted octanol–water partition coefficient (Wildman–Crippen LogP) is 4.04. The largest absolute Gasteiger partial charge is 0.443 e. The van der Waals surface area contributed by atoms with Crippen molar-refractivity contribution in [3.05, 3.63) is 54.6 Å². The number of aromatic nitrogens is 2. The Labute approximate surface area is 133 Å². The summed E-state index contributed by atoms with van der Waals surface area (Å²) in [4.78, 5) is 15.6. The van der Waals surface area contributed by atoms with Gasteiger partial charge >= 0.3 is 6.09 Å². The summed E-state index contributed by atoms with van der Waals surface area (Å²) < 4.78 is 20.5. The van der Waals surface area contributed by atoms with Crippen LogP contribution in [0, 0.1) is 5.82 Å². The molecule has 23 heavy (non-hydrogen) atoms. The third kappa shape index (κ3) is 3.08. The van der Waals surface area contributed by atoms with E-state index in [1.54, 1.807) is 24.5 Å². The maximum atomic E-state index is 13.5. The van der Waals surface area contributed by atoms with E-state index in [1.165, 1.54) is 16.7 Å². The first-order chi connectivity index (χ1) is 10.8. The molecular formula is C18H18FN2O2+. The first kappa shape index (κ1) is 15.2. The van der Waals surface area contributed by atoms with Gasteiger partial charge in [0.1, 0.15) is 11.4 Å². The van der Waals surface area contributed by atoms with Crippen molar-refractivity contribution in [2.24, 2.45) is 0 Å². The summed E-state index contributed by atoms with van der Waals surface area (Å²) in [5, 5.41) is 0.648. The Morgan fingerprint density at radius 1 is 1.22 bits per heavy atom. The highest BCUT2D eigenvalue weighted by Crippen LogP contribution is 2.29. The van der Waals surface area contributed by atoms with Gasteiger partial charge in [0.05, 0.1) is 16.8 Å². The van der Waals surface area contributed by atoms with E-state index in [9.17, 15) is 9.18 Å². The molecular weight excluding hydrogens is 295 g/mol. The first-order valence-corrected chi connectivity index (χ1v) is 7.36. The summed E-state index contributed by atoms with van der Waals surface area (Å²) in [6, 6.07) is 9.83. The van der Waals surface area contributed by atoms with E-state index in [-0.39, 0.29) is 5.82 Å². The van der Waals surface area contributed by atoms with Gasteiger partial charge in [-0.25, -0.2) is 18.7 Å². The minimum atomic E-state index is -0.617. The second kappa shape index (κ2) is 5.50. The van der Waals surface area contributed by atoms with Crippen LogP contribution in [-0.4, -0.2) is 16.3 Å². The van der Waals surface area contributed by atoms with Crippen LogP contribution in [0.4, 0.5) is 9.18 Å². The quantitative estimate of drug-likeness (QED) is 0.680. The van der Waals surface area contributed by atoms with Gasteiger partial charge in [-0.05, 0) is 51.1 Å². The van der Waals surface area contributed by atoms with Crippen LogP contribution in [0.2, 0.25) is 0 Å². The molecule has 0 unspecified atom stereocenters. The molecule has 0 aliphatic heterocycles. The molecule has 3 rings (SSSR count). The summed E-state index contributed by atoms with van der Waals surface area (Å²) in [5.41, 5.74) is 1.46. The number of hydrogen-bond donors (Lipinski definition) is 0. The van der Waals surface area contributed by atoms with E-state index in [1.807, 2.05) is 32.9 Å². The Bertz CT molecular complexity index is 864. The standard InChI is InChI=1S/C18H17FN2O2/c1-18(2,3)23-17(22)21-15-7-6-14(19)9-13(15)10-16(21)12-5-4-8-20-11-12/h4-11H,1-3H3/p+1. The van der Waals surface area contributed by atoms with E-state index in [0.29, 0.717) is 16.6 Å². The van der Waals surface area contributed by atoms with Gasteiger partial charge in [-0.3, -0.25) is 0 Å². The molecule has 2 heterocycles. The number of hydrogen-bond acceptors (Lipinski definition) is 2. The van der Waals surface area contributed by atoms with Crippen LogP contribution in [0.25, 0.3) is 22.2 Å². The number of carbonyl (C=O) groups is 1. The van der Waals surface area contributed by atoms with Crippen molar-refractivity contribution in [3.8, 4) is 11.3 Å². The number of fused-ring (bicyclic) bond motifs is 1. The van der Waals surface area contributed by atoms with Crippen molar-refractivity contribution in [1.29, 1.82) is 0 Å². The van der Waals surface area contributed by atoms with Crippen LogP contribution in [0.15, 0.2) is 48.8 Å². The summed E-state index contributed by atoms with van der Waals surface area (Å²) in [5.74, 6) is -0.343. The molecule has 2 aromatic heterocycles. The highest BCUT2D eigenvalue weighted by atomic mass is 19.1. The van der Waals surface area contributed by atoms with E-state index in [4.69, 9.17) is 4.74 Å². The topological polar surface area (TPSA) is 45.4 Å². The number of ether oxygens (including phenoxy) is 1. The fourth-order valence-corrected chi connectivity index (χ4v) is 2.46. The zero-order valence-corrected chi connectivity index (χ0v) is 13.3. The van der Waals surface area contributed by atoms with Gasteiger partial charge in [0.15, 0.2) is 12.4 Å². The Kier molecular flexibility index (Phi) is 3.64. The number of pyridine rings is 1. The van der Waals surface area contributed by atoms with E-state index in [0.717, 1.165) is 5.56 Å².